The molecule has 0 bridgehead atoms. The summed E-state index contributed by atoms with van der Waals surface area (Å²) < 4.78 is 18.6. The minimum atomic E-state index is -0.609. The molecule has 0 saturated carbocycles. The van der Waals surface area contributed by atoms with E-state index in [4.69, 9.17) is 4.74 Å². The molecule has 6 heteroatoms. The molecule has 1 N–H and O–H groups in total. The fourth-order valence-corrected chi connectivity index (χ4v) is 3.07. The van der Waals surface area contributed by atoms with Gasteiger partial charge in [0.1, 0.15) is 17.6 Å². The summed E-state index contributed by atoms with van der Waals surface area (Å²) >= 11 is 0. The predicted octanol–water partition coefficient (Wildman–Crippen LogP) is 3.84. The van der Waals surface area contributed by atoms with Gasteiger partial charge >= 0.3 is 0 Å². The maximum atomic E-state index is 13.1. The van der Waals surface area contributed by atoms with Crippen LogP contribution in [0.1, 0.15) is 38.3 Å². The highest BCUT2D eigenvalue weighted by molar-refractivity contribution is 5.88. The lowest BCUT2D eigenvalue weighted by atomic mass is 10.1. The van der Waals surface area contributed by atoms with E-state index in [0.717, 1.165) is 11.1 Å². The van der Waals surface area contributed by atoms with Gasteiger partial charge in [-0.05, 0) is 57.0 Å². The lowest BCUT2D eigenvalue weighted by Crippen LogP contribution is -2.51. The first kappa shape index (κ1) is 22.4. The van der Waals surface area contributed by atoms with E-state index in [9.17, 15) is 14.0 Å². The molecule has 2 aromatic rings. The second kappa shape index (κ2) is 10.6. The molecule has 5 nitrogen and oxygen atoms in total. The van der Waals surface area contributed by atoms with E-state index in [1.165, 1.54) is 24.3 Å². The van der Waals surface area contributed by atoms with Crippen LogP contribution in [-0.4, -0.2) is 35.4 Å². The summed E-state index contributed by atoms with van der Waals surface area (Å²) in [6.45, 7) is 7.70. The molecule has 0 aromatic heterocycles. The zero-order chi connectivity index (χ0) is 21.4. The first-order chi connectivity index (χ1) is 13.8. The fourth-order valence-electron chi connectivity index (χ4n) is 3.07. The van der Waals surface area contributed by atoms with Gasteiger partial charge in [0.25, 0.3) is 5.91 Å². The predicted molar refractivity (Wildman–Crippen MR) is 111 cm³/mol. The highest BCUT2D eigenvalue weighted by Gasteiger charge is 2.29. The van der Waals surface area contributed by atoms with E-state index < -0.39 is 6.04 Å². The van der Waals surface area contributed by atoms with Gasteiger partial charge in [0.2, 0.25) is 5.91 Å². The van der Waals surface area contributed by atoms with Crippen LogP contribution in [0.3, 0.4) is 0 Å². The molecule has 0 spiro atoms. The van der Waals surface area contributed by atoms with Crippen molar-refractivity contribution in [2.45, 2.75) is 52.7 Å². The van der Waals surface area contributed by atoms with Crippen molar-refractivity contribution in [3.63, 3.8) is 0 Å². The largest absolute Gasteiger partial charge is 0.484 e. The monoisotopic (exact) mass is 400 g/mol. The number of rotatable bonds is 9. The molecule has 0 fully saturated rings. The summed E-state index contributed by atoms with van der Waals surface area (Å²) in [7, 11) is 0. The number of carbonyl (C=O) groups is 2. The molecule has 0 radical (unpaired) electrons. The Hall–Kier alpha value is -2.89. The van der Waals surface area contributed by atoms with E-state index in [2.05, 4.69) is 5.32 Å². The Bertz CT molecular complexity index is 821. The lowest BCUT2D eigenvalue weighted by Gasteiger charge is -2.31. The third kappa shape index (κ3) is 6.89. The summed E-state index contributed by atoms with van der Waals surface area (Å²) in [4.78, 5) is 27.3. The number of nitrogens with one attached hydrogen (secondary N) is 1. The molecule has 0 unspecified atom stereocenters. The second-order valence-electron chi connectivity index (χ2n) is 7.34. The smallest absolute Gasteiger partial charge is 0.261 e. The van der Waals surface area contributed by atoms with E-state index in [1.54, 1.807) is 4.90 Å². The average molecular weight is 400 g/mol. The second-order valence-corrected chi connectivity index (χ2v) is 7.34. The van der Waals surface area contributed by atoms with Crippen LogP contribution in [0, 0.1) is 12.7 Å². The average Bonchev–Trinajstić information content (AvgIpc) is 2.66. The van der Waals surface area contributed by atoms with E-state index >= 15 is 0 Å². The van der Waals surface area contributed by atoms with Gasteiger partial charge in [-0.2, -0.15) is 0 Å². The van der Waals surface area contributed by atoms with Gasteiger partial charge in [0.05, 0.1) is 0 Å². The maximum Gasteiger partial charge on any atom is 0.261 e. The molecule has 0 aliphatic carbocycles. The van der Waals surface area contributed by atoms with Crippen molar-refractivity contribution >= 4 is 11.8 Å². The Labute approximate surface area is 171 Å². The number of ether oxygens (including phenoxy) is 1. The molecule has 156 valence electrons. The van der Waals surface area contributed by atoms with Crippen LogP contribution < -0.4 is 10.1 Å². The topological polar surface area (TPSA) is 58.6 Å². The number of nitrogens with zero attached hydrogens (tertiary/aromatic N) is 1. The third-order valence-electron chi connectivity index (χ3n) is 4.43. The molecule has 0 aliphatic heterocycles. The number of amides is 2. The van der Waals surface area contributed by atoms with Crippen LogP contribution in [0.25, 0.3) is 0 Å². The Morgan fingerprint density at radius 1 is 1.14 bits per heavy atom. The zero-order valence-corrected chi connectivity index (χ0v) is 17.4. The molecule has 2 amide bonds. The Morgan fingerprint density at radius 3 is 2.41 bits per heavy atom. The number of carbonyl (C=O) groups excluding carboxylic acids is 2. The van der Waals surface area contributed by atoms with Gasteiger partial charge in [0, 0.05) is 12.6 Å². The van der Waals surface area contributed by atoms with Gasteiger partial charge in [-0.15, -0.1) is 0 Å². The molecule has 2 rings (SSSR count). The molecule has 0 heterocycles. The van der Waals surface area contributed by atoms with Crippen molar-refractivity contribution < 1.29 is 18.7 Å². The Balaban J connectivity index is 2.20. The van der Waals surface area contributed by atoms with E-state index in [0.29, 0.717) is 18.7 Å². The lowest BCUT2D eigenvalue weighted by molar-refractivity contribution is -0.143. The first-order valence-corrected chi connectivity index (χ1v) is 9.84. The summed E-state index contributed by atoms with van der Waals surface area (Å²) in [6.07, 6.45) is 0.479. The summed E-state index contributed by atoms with van der Waals surface area (Å²) in [6, 6.07) is 12.7. The molecule has 29 heavy (non-hydrogen) atoms. The van der Waals surface area contributed by atoms with Crippen molar-refractivity contribution in [3.05, 3.63) is 65.5 Å². The number of hydrogen-bond donors (Lipinski definition) is 1. The van der Waals surface area contributed by atoms with Crippen LogP contribution in [0.4, 0.5) is 4.39 Å². The van der Waals surface area contributed by atoms with Gasteiger partial charge in [-0.25, -0.2) is 4.39 Å². The SMILES string of the molecule is CC[C@@H](C(=O)NC(C)C)N(Cc1cccc(C)c1)C(=O)COc1ccc(F)cc1. The van der Waals surface area contributed by atoms with Crippen molar-refractivity contribution in [1.82, 2.24) is 10.2 Å². The maximum absolute atomic E-state index is 13.1. The molecular weight excluding hydrogens is 371 g/mol. The van der Waals surface area contributed by atoms with Crippen molar-refractivity contribution in [2.24, 2.45) is 0 Å². The first-order valence-electron chi connectivity index (χ1n) is 9.84. The molecular formula is C23H29FN2O3. The molecule has 1 atom stereocenters. The third-order valence-corrected chi connectivity index (χ3v) is 4.43. The van der Waals surface area contributed by atoms with Crippen LogP contribution >= 0.6 is 0 Å². The van der Waals surface area contributed by atoms with Gasteiger partial charge in [-0.3, -0.25) is 9.59 Å². The van der Waals surface area contributed by atoms with Gasteiger partial charge in [-0.1, -0.05) is 36.8 Å². The van der Waals surface area contributed by atoms with Gasteiger partial charge < -0.3 is 15.0 Å². The minimum absolute atomic E-state index is 0.0251. The highest BCUT2D eigenvalue weighted by atomic mass is 19.1. The zero-order valence-electron chi connectivity index (χ0n) is 17.4. The number of aryl methyl sites for hydroxylation is 1. The van der Waals surface area contributed by atoms with Crippen LogP contribution in [0.5, 0.6) is 5.75 Å². The quantitative estimate of drug-likeness (QED) is 0.696. The fraction of sp³-hybridized carbons (Fsp3) is 0.391. The number of halogens is 1. The van der Waals surface area contributed by atoms with Crippen molar-refractivity contribution in [3.8, 4) is 5.75 Å². The van der Waals surface area contributed by atoms with Crippen LogP contribution in [-0.2, 0) is 16.1 Å². The Morgan fingerprint density at radius 2 is 1.83 bits per heavy atom. The number of benzene rings is 2. The Kier molecular flexibility index (Phi) is 8.19. The summed E-state index contributed by atoms with van der Waals surface area (Å²) in [5, 5.41) is 2.89. The van der Waals surface area contributed by atoms with Gasteiger partial charge in [0.15, 0.2) is 6.61 Å². The minimum Gasteiger partial charge on any atom is -0.484 e. The molecule has 0 saturated heterocycles. The van der Waals surface area contributed by atoms with Crippen molar-refractivity contribution in [1.29, 1.82) is 0 Å². The van der Waals surface area contributed by atoms with Crippen LogP contribution in [0.15, 0.2) is 48.5 Å². The molecule has 0 aliphatic rings. The molecule has 2 aromatic carbocycles. The van der Waals surface area contributed by atoms with Crippen LogP contribution in [0.2, 0.25) is 0 Å². The van der Waals surface area contributed by atoms with E-state index in [1.807, 2.05) is 52.0 Å². The summed E-state index contributed by atoms with van der Waals surface area (Å²) in [5.41, 5.74) is 2.02. The van der Waals surface area contributed by atoms with E-state index in [-0.39, 0.29) is 30.3 Å². The standard InChI is InChI=1S/C23H29FN2O3/c1-5-21(23(28)25-16(2)3)26(14-18-8-6-7-17(4)13-18)22(27)15-29-20-11-9-19(24)10-12-20/h6-13,16,21H,5,14-15H2,1-4H3,(H,25,28)/t21-/m0/s1. The summed E-state index contributed by atoms with van der Waals surface area (Å²) in [5.74, 6) is -0.469. The van der Waals surface area contributed by atoms with Crippen molar-refractivity contribution in [2.75, 3.05) is 6.61 Å². The number of hydrogen-bond acceptors (Lipinski definition) is 3. The normalized spacial score (nSPS) is 11.8. The highest BCUT2D eigenvalue weighted by Crippen LogP contribution is 2.16.